The van der Waals surface area contributed by atoms with Gasteiger partial charge in [0.15, 0.2) is 0 Å². The molecule has 0 bridgehead atoms. The van der Waals surface area contributed by atoms with Crippen molar-refractivity contribution < 1.29 is 30.7 Å². The Morgan fingerprint density at radius 2 is 1.34 bits per heavy atom. The molecule has 7 heteroatoms. The number of fused-ring (bicyclic) bond motifs is 1. The van der Waals surface area contributed by atoms with Crippen LogP contribution in [0.25, 0.3) is 10.8 Å². The number of alkyl halides is 3. The van der Waals surface area contributed by atoms with Crippen LogP contribution in [-0.4, -0.2) is 6.18 Å². The van der Waals surface area contributed by atoms with Crippen molar-refractivity contribution in [1.29, 1.82) is 0 Å². The van der Waals surface area contributed by atoms with Crippen LogP contribution in [0.4, 0.5) is 30.7 Å². The SMILES string of the molecule is Cc1cc(F)c(C#Cc2ccc3c(F)c(C#CC(F)(F)F)c(F)cc3c2)c(F)c1. The molecule has 0 N–H and O–H groups in total. The molecule has 0 heterocycles. The van der Waals surface area contributed by atoms with Crippen LogP contribution < -0.4 is 0 Å². The Morgan fingerprint density at radius 1 is 0.724 bits per heavy atom. The minimum absolute atomic E-state index is 0.00853. The van der Waals surface area contributed by atoms with Gasteiger partial charge in [-0.1, -0.05) is 23.8 Å². The topological polar surface area (TPSA) is 0 Å². The third kappa shape index (κ3) is 4.52. The van der Waals surface area contributed by atoms with E-state index in [2.05, 4.69) is 11.8 Å². The number of halogens is 7. The van der Waals surface area contributed by atoms with Gasteiger partial charge >= 0.3 is 6.18 Å². The summed E-state index contributed by atoms with van der Waals surface area (Å²) in [5, 5.41) is -0.162. The molecule has 0 saturated carbocycles. The van der Waals surface area contributed by atoms with E-state index < -0.39 is 40.6 Å². The van der Waals surface area contributed by atoms with E-state index in [4.69, 9.17) is 0 Å². The van der Waals surface area contributed by atoms with Gasteiger partial charge in [0.1, 0.15) is 23.3 Å². The fraction of sp³-hybridized carbons (Fsp3) is 0.0909. The van der Waals surface area contributed by atoms with Crippen molar-refractivity contribution in [1.82, 2.24) is 0 Å². The number of benzene rings is 3. The van der Waals surface area contributed by atoms with Crippen LogP contribution in [-0.2, 0) is 0 Å². The Balaban J connectivity index is 2.06. The number of aryl methyl sites for hydroxylation is 1. The zero-order chi connectivity index (χ0) is 21.3. The highest BCUT2D eigenvalue weighted by Gasteiger charge is 2.24. The van der Waals surface area contributed by atoms with Crippen LogP contribution in [0.3, 0.4) is 0 Å². The van der Waals surface area contributed by atoms with Crippen molar-refractivity contribution >= 4 is 10.8 Å². The van der Waals surface area contributed by atoms with Gasteiger partial charge in [0.2, 0.25) is 0 Å². The molecule has 0 aromatic heterocycles. The molecule has 3 rings (SSSR count). The lowest BCUT2D eigenvalue weighted by atomic mass is 10.0. The maximum Gasteiger partial charge on any atom is 0.458 e. The zero-order valence-corrected chi connectivity index (χ0v) is 14.6. The number of hydrogen-bond acceptors (Lipinski definition) is 0. The smallest absolute Gasteiger partial charge is 0.206 e. The molecular weight excluding hydrogens is 397 g/mol. The van der Waals surface area contributed by atoms with E-state index in [1.165, 1.54) is 31.0 Å². The molecule has 0 saturated heterocycles. The maximum atomic E-state index is 14.4. The lowest BCUT2D eigenvalue weighted by molar-refractivity contribution is -0.0696. The lowest BCUT2D eigenvalue weighted by Gasteiger charge is -2.05. The molecule has 0 amide bonds. The summed E-state index contributed by atoms with van der Waals surface area (Å²) >= 11 is 0. The molecule has 0 atom stereocenters. The van der Waals surface area contributed by atoms with Gasteiger partial charge in [-0.05, 0) is 48.2 Å². The van der Waals surface area contributed by atoms with Gasteiger partial charge in [0.25, 0.3) is 0 Å². The number of hydrogen-bond donors (Lipinski definition) is 0. The highest BCUT2D eigenvalue weighted by Crippen LogP contribution is 2.25. The van der Waals surface area contributed by atoms with Gasteiger partial charge in [-0.3, -0.25) is 0 Å². The van der Waals surface area contributed by atoms with E-state index in [1.807, 2.05) is 0 Å². The molecule has 0 unspecified atom stereocenters. The quantitative estimate of drug-likeness (QED) is 0.317. The summed E-state index contributed by atoms with van der Waals surface area (Å²) in [6.45, 7) is 1.52. The Labute approximate surface area is 161 Å². The summed E-state index contributed by atoms with van der Waals surface area (Å²) in [6.07, 6.45) is -4.90. The summed E-state index contributed by atoms with van der Waals surface area (Å²) in [4.78, 5) is 0. The van der Waals surface area contributed by atoms with Crippen LogP contribution in [0, 0.1) is 53.9 Å². The largest absolute Gasteiger partial charge is 0.458 e. The van der Waals surface area contributed by atoms with Crippen LogP contribution in [0.15, 0.2) is 36.4 Å². The Bertz CT molecular complexity index is 1220. The standard InChI is InChI=1S/C22H9F7/c1-12-8-18(23)16(19(24)9-12)5-3-13-2-4-15-14(10-13)11-20(25)17(21(15)26)6-7-22(27,28)29/h2,4,8-11H,1H3. The van der Waals surface area contributed by atoms with Crippen LogP contribution in [0.5, 0.6) is 0 Å². The van der Waals surface area contributed by atoms with Crippen molar-refractivity contribution in [3.05, 3.63) is 81.9 Å². The average Bonchev–Trinajstić information content (AvgIpc) is 2.59. The Kier molecular flexibility index (Phi) is 5.26. The number of rotatable bonds is 0. The first-order valence-corrected chi connectivity index (χ1v) is 8.04. The second kappa shape index (κ2) is 7.52. The second-order valence-corrected chi connectivity index (χ2v) is 6.08. The van der Waals surface area contributed by atoms with Crippen molar-refractivity contribution in [3.63, 3.8) is 0 Å². The monoisotopic (exact) mass is 406 g/mol. The molecule has 0 fully saturated rings. The van der Waals surface area contributed by atoms with E-state index >= 15 is 0 Å². The average molecular weight is 406 g/mol. The van der Waals surface area contributed by atoms with E-state index in [0.29, 0.717) is 5.56 Å². The molecular formula is C22H9F7. The molecule has 146 valence electrons. The lowest BCUT2D eigenvalue weighted by Crippen LogP contribution is -2.02. The summed E-state index contributed by atoms with van der Waals surface area (Å²) in [5.41, 5.74) is -0.875. The molecule has 0 spiro atoms. The minimum atomic E-state index is -4.90. The van der Waals surface area contributed by atoms with E-state index in [1.54, 1.807) is 0 Å². The summed E-state index contributed by atoms with van der Waals surface area (Å²) in [6, 6.07) is 6.76. The van der Waals surface area contributed by atoms with E-state index in [-0.39, 0.29) is 16.3 Å². The van der Waals surface area contributed by atoms with Crippen molar-refractivity contribution in [2.24, 2.45) is 0 Å². The van der Waals surface area contributed by atoms with Crippen LogP contribution >= 0.6 is 0 Å². The third-order valence-electron chi connectivity index (χ3n) is 3.88. The molecule has 3 aromatic carbocycles. The molecule has 3 aromatic rings. The third-order valence-corrected chi connectivity index (χ3v) is 3.88. The van der Waals surface area contributed by atoms with Gasteiger partial charge in [0, 0.05) is 16.9 Å². The highest BCUT2D eigenvalue weighted by atomic mass is 19.4. The minimum Gasteiger partial charge on any atom is -0.206 e. The second-order valence-electron chi connectivity index (χ2n) is 6.08. The molecule has 0 radical (unpaired) electrons. The molecule has 0 aliphatic heterocycles. The molecule has 0 nitrogen and oxygen atoms in total. The van der Waals surface area contributed by atoms with Gasteiger partial charge in [-0.25, -0.2) is 17.6 Å². The fourth-order valence-electron chi connectivity index (χ4n) is 2.61. The van der Waals surface area contributed by atoms with Gasteiger partial charge < -0.3 is 0 Å². The normalized spacial score (nSPS) is 10.9. The fourth-order valence-corrected chi connectivity index (χ4v) is 2.61. The van der Waals surface area contributed by atoms with Crippen molar-refractivity contribution in [2.45, 2.75) is 13.1 Å². The van der Waals surface area contributed by atoms with E-state index in [0.717, 1.165) is 24.1 Å². The maximum absolute atomic E-state index is 14.4. The predicted octanol–water partition coefficient (Wildman–Crippen LogP) is 6.02. The molecule has 29 heavy (non-hydrogen) atoms. The van der Waals surface area contributed by atoms with Gasteiger partial charge in [0.05, 0.1) is 11.1 Å². The zero-order valence-electron chi connectivity index (χ0n) is 14.6. The van der Waals surface area contributed by atoms with Crippen molar-refractivity contribution in [2.75, 3.05) is 0 Å². The highest BCUT2D eigenvalue weighted by molar-refractivity contribution is 5.86. The summed E-state index contributed by atoms with van der Waals surface area (Å²) in [7, 11) is 0. The van der Waals surface area contributed by atoms with Gasteiger partial charge in [-0.15, -0.1) is 0 Å². The van der Waals surface area contributed by atoms with Crippen LogP contribution in [0.1, 0.15) is 22.3 Å². The van der Waals surface area contributed by atoms with Crippen molar-refractivity contribution in [3.8, 4) is 23.7 Å². The summed E-state index contributed by atoms with van der Waals surface area (Å²) in [5.74, 6) is 2.91. The predicted molar refractivity (Wildman–Crippen MR) is 93.9 cm³/mol. The Morgan fingerprint density at radius 3 is 1.97 bits per heavy atom. The first-order valence-electron chi connectivity index (χ1n) is 8.04. The first-order chi connectivity index (χ1) is 13.5. The Hall–Kier alpha value is -3.45. The van der Waals surface area contributed by atoms with Gasteiger partial charge in [-0.2, -0.15) is 13.2 Å². The van der Waals surface area contributed by atoms with E-state index in [9.17, 15) is 30.7 Å². The molecule has 0 aliphatic carbocycles. The molecule has 0 aliphatic rings. The summed E-state index contributed by atoms with van der Waals surface area (Å²) < 4.78 is 92.7. The van der Waals surface area contributed by atoms with Crippen LogP contribution in [0.2, 0.25) is 0 Å². The first kappa shape index (κ1) is 20.3.